The molecule has 0 aliphatic heterocycles. The van der Waals surface area contributed by atoms with Crippen LogP contribution >= 0.6 is 0 Å². The molecule has 0 aromatic heterocycles. The van der Waals surface area contributed by atoms with Gasteiger partial charge >= 0.3 is 69.2 Å². The molecule has 110 valence electrons. The first kappa shape index (κ1) is 24.2. The van der Waals surface area contributed by atoms with E-state index in [9.17, 15) is 28.2 Å². The zero-order valence-corrected chi connectivity index (χ0v) is 16.7. The van der Waals surface area contributed by atoms with Crippen molar-refractivity contribution in [3.63, 3.8) is 0 Å². The minimum Gasteiger partial charge on any atom is -0.545 e. The Morgan fingerprint density at radius 1 is 1.05 bits per heavy atom. The van der Waals surface area contributed by atoms with Gasteiger partial charge in [0.05, 0.1) is 16.8 Å². The average Bonchev–Trinajstić information content (AvgIpc) is 2.25. The SMILES string of the molecule is CC(O)(O)OS(=O)(=O)c1cc(C(=O)[O-])cc(C(=O)[O-])c1.[Na+].[Na+]. The molecule has 2 N–H and O–H groups in total. The van der Waals surface area contributed by atoms with Crippen molar-refractivity contribution >= 4 is 22.1 Å². The van der Waals surface area contributed by atoms with E-state index >= 15 is 0 Å². The smallest absolute Gasteiger partial charge is 0.545 e. The molecule has 0 unspecified atom stereocenters. The molecule has 0 heterocycles. The maximum atomic E-state index is 11.6. The molecule has 9 nitrogen and oxygen atoms in total. The summed E-state index contributed by atoms with van der Waals surface area (Å²) in [7, 11) is -4.81. The maximum Gasteiger partial charge on any atom is 1.00 e. The average molecular weight is 350 g/mol. The molecular formula is C10H8Na2O9S. The molecule has 0 saturated heterocycles. The summed E-state index contributed by atoms with van der Waals surface area (Å²) in [6.07, 6.45) is 0. The first-order valence-electron chi connectivity index (χ1n) is 4.90. The van der Waals surface area contributed by atoms with Crippen molar-refractivity contribution in [3.05, 3.63) is 29.3 Å². The molecule has 0 aliphatic rings. The Bertz CT molecular complexity index is 631. The molecule has 0 spiro atoms. The molecule has 0 atom stereocenters. The number of hydrogen-bond donors (Lipinski definition) is 2. The van der Waals surface area contributed by atoms with Gasteiger partial charge in [-0.2, -0.15) is 8.42 Å². The van der Waals surface area contributed by atoms with Gasteiger partial charge in [-0.25, -0.2) is 4.18 Å². The van der Waals surface area contributed by atoms with E-state index in [1.165, 1.54) is 0 Å². The number of carboxylic acid groups (broad SMARTS) is 2. The second-order valence-electron chi connectivity index (χ2n) is 3.79. The van der Waals surface area contributed by atoms with Crippen LogP contribution < -0.4 is 69.3 Å². The predicted molar refractivity (Wildman–Crippen MR) is 56.2 cm³/mol. The molecule has 0 saturated carbocycles. The minimum absolute atomic E-state index is 0. The van der Waals surface area contributed by atoms with E-state index in [1.807, 2.05) is 0 Å². The third kappa shape index (κ3) is 7.04. The third-order valence-electron chi connectivity index (χ3n) is 1.93. The number of rotatable bonds is 5. The fourth-order valence-electron chi connectivity index (χ4n) is 1.24. The summed E-state index contributed by atoms with van der Waals surface area (Å²) in [4.78, 5) is 20.5. The van der Waals surface area contributed by atoms with Gasteiger partial charge in [0.25, 0.3) is 5.97 Å². The standard InChI is InChI=1S/C10H10O9S.2Na/c1-10(15,16)19-20(17,18)7-3-5(8(11)12)2-6(4-7)9(13)14;;/h2-4,15-16H,1H3,(H,11,12)(H,13,14);;/q;2*+1/p-2. The van der Waals surface area contributed by atoms with Crippen molar-refractivity contribution in [1.82, 2.24) is 0 Å². The minimum atomic E-state index is -4.81. The first-order chi connectivity index (χ1) is 8.92. The van der Waals surface area contributed by atoms with E-state index in [0.717, 1.165) is 0 Å². The molecule has 22 heavy (non-hydrogen) atoms. The fourth-order valence-corrected chi connectivity index (χ4v) is 2.29. The molecule has 1 rings (SSSR count). The van der Waals surface area contributed by atoms with Crippen LogP contribution in [0.25, 0.3) is 0 Å². The second kappa shape index (κ2) is 8.73. The fraction of sp³-hybridized carbons (Fsp3) is 0.200. The van der Waals surface area contributed by atoms with Crippen molar-refractivity contribution in [1.29, 1.82) is 0 Å². The molecule has 0 bridgehead atoms. The summed E-state index contributed by atoms with van der Waals surface area (Å²) in [5.41, 5.74) is -1.52. The van der Waals surface area contributed by atoms with E-state index in [0.29, 0.717) is 25.1 Å². The monoisotopic (exact) mass is 350 g/mol. The Hall–Kier alpha value is -0.01000. The zero-order chi connectivity index (χ0) is 15.7. The van der Waals surface area contributed by atoms with Gasteiger partial charge in [0.2, 0.25) is 0 Å². The molecule has 0 aliphatic carbocycles. The van der Waals surface area contributed by atoms with Gasteiger partial charge in [0.1, 0.15) is 0 Å². The summed E-state index contributed by atoms with van der Waals surface area (Å²) < 4.78 is 27.2. The van der Waals surface area contributed by atoms with Crippen LogP contribution in [-0.4, -0.2) is 36.5 Å². The molecule has 12 heteroatoms. The van der Waals surface area contributed by atoms with Gasteiger partial charge in [-0.15, -0.1) is 0 Å². The quantitative estimate of drug-likeness (QED) is 0.298. The third-order valence-corrected chi connectivity index (χ3v) is 3.28. The molecule has 0 amide bonds. The predicted octanol–water partition coefficient (Wildman–Crippen LogP) is -9.21. The number of carboxylic acids is 2. The number of carbonyl (C=O) groups excluding carboxylic acids is 2. The van der Waals surface area contributed by atoms with Crippen molar-refractivity contribution < 1.29 is 102 Å². The first-order valence-corrected chi connectivity index (χ1v) is 6.31. The van der Waals surface area contributed by atoms with Crippen LogP contribution in [0.3, 0.4) is 0 Å². The summed E-state index contributed by atoms with van der Waals surface area (Å²) in [5, 5.41) is 39.1. The van der Waals surface area contributed by atoms with Gasteiger partial charge in [-0.3, -0.25) is 0 Å². The van der Waals surface area contributed by atoms with Crippen LogP contribution in [0.2, 0.25) is 0 Å². The van der Waals surface area contributed by atoms with Crippen LogP contribution in [0.1, 0.15) is 27.6 Å². The van der Waals surface area contributed by atoms with Gasteiger partial charge in [-0.05, 0) is 29.3 Å². The van der Waals surface area contributed by atoms with Crippen molar-refractivity contribution in [2.75, 3.05) is 0 Å². The number of benzene rings is 1. The largest absolute Gasteiger partial charge is 1.00 e. The van der Waals surface area contributed by atoms with E-state index in [4.69, 9.17) is 10.2 Å². The zero-order valence-electron chi connectivity index (χ0n) is 11.9. The molecular weight excluding hydrogens is 342 g/mol. The Balaban J connectivity index is 0. The Morgan fingerprint density at radius 2 is 1.41 bits per heavy atom. The molecule has 0 fully saturated rings. The topological polar surface area (TPSA) is 164 Å². The molecule has 0 radical (unpaired) electrons. The van der Waals surface area contributed by atoms with E-state index in [-0.39, 0.29) is 59.1 Å². The van der Waals surface area contributed by atoms with E-state index in [2.05, 4.69) is 4.18 Å². The van der Waals surface area contributed by atoms with Crippen LogP contribution in [-0.2, 0) is 14.3 Å². The summed E-state index contributed by atoms with van der Waals surface area (Å²) in [5.74, 6) is -6.72. The number of hydrogen-bond acceptors (Lipinski definition) is 9. The Kier molecular flexibility index (Phi) is 9.62. The van der Waals surface area contributed by atoms with Crippen LogP contribution in [0, 0.1) is 0 Å². The molecule has 1 aromatic rings. The van der Waals surface area contributed by atoms with E-state index < -0.39 is 44.1 Å². The van der Waals surface area contributed by atoms with Crippen LogP contribution in [0.15, 0.2) is 23.1 Å². The van der Waals surface area contributed by atoms with Gasteiger partial charge in [-0.1, -0.05) is 0 Å². The van der Waals surface area contributed by atoms with Crippen LogP contribution in [0.5, 0.6) is 0 Å². The van der Waals surface area contributed by atoms with Crippen molar-refractivity contribution in [2.24, 2.45) is 0 Å². The molecule has 1 aromatic carbocycles. The van der Waals surface area contributed by atoms with Gasteiger partial charge < -0.3 is 30.0 Å². The number of aliphatic hydroxyl groups is 2. The second-order valence-corrected chi connectivity index (χ2v) is 5.34. The van der Waals surface area contributed by atoms with Crippen LogP contribution in [0.4, 0.5) is 0 Å². The Labute approximate surface area is 169 Å². The normalized spacial score (nSPS) is 11.0. The Morgan fingerprint density at radius 3 is 1.68 bits per heavy atom. The number of carbonyl (C=O) groups is 2. The van der Waals surface area contributed by atoms with Crippen molar-refractivity contribution in [2.45, 2.75) is 17.8 Å². The van der Waals surface area contributed by atoms with Gasteiger partial charge in [0, 0.05) is 6.92 Å². The summed E-state index contributed by atoms with van der Waals surface area (Å²) in [6, 6.07) is 1.71. The number of aromatic carboxylic acids is 2. The van der Waals surface area contributed by atoms with Crippen molar-refractivity contribution in [3.8, 4) is 0 Å². The maximum absolute atomic E-state index is 11.6. The summed E-state index contributed by atoms with van der Waals surface area (Å²) >= 11 is 0. The summed E-state index contributed by atoms with van der Waals surface area (Å²) in [6.45, 7) is 0.590. The van der Waals surface area contributed by atoms with E-state index in [1.54, 1.807) is 0 Å². The van der Waals surface area contributed by atoms with Gasteiger partial charge in [0.15, 0.2) is 0 Å².